The number of urea groups is 1. The van der Waals surface area contributed by atoms with Gasteiger partial charge in [0, 0.05) is 12.2 Å². The molecule has 21 heavy (non-hydrogen) atoms. The summed E-state index contributed by atoms with van der Waals surface area (Å²) in [6.07, 6.45) is 2.89. The van der Waals surface area contributed by atoms with Crippen LogP contribution in [0.2, 0.25) is 0 Å². The molecular formula is C16H22N2O3. The largest absolute Gasteiger partial charge is 0.481 e. The lowest BCUT2D eigenvalue weighted by Gasteiger charge is -2.40. The van der Waals surface area contributed by atoms with Gasteiger partial charge in [-0.2, -0.15) is 0 Å². The van der Waals surface area contributed by atoms with Gasteiger partial charge in [0.05, 0.1) is 6.42 Å². The summed E-state index contributed by atoms with van der Waals surface area (Å²) in [7, 11) is 0. The van der Waals surface area contributed by atoms with E-state index < -0.39 is 5.97 Å². The lowest BCUT2D eigenvalue weighted by molar-refractivity contribution is -0.141. The average Bonchev–Trinajstić information content (AvgIpc) is 2.36. The third-order valence-electron chi connectivity index (χ3n) is 4.28. The van der Waals surface area contributed by atoms with Crippen LogP contribution in [0.1, 0.15) is 36.8 Å². The molecule has 1 aromatic carbocycles. The number of rotatable bonds is 5. The summed E-state index contributed by atoms with van der Waals surface area (Å²) in [6, 6.07) is 5.56. The van der Waals surface area contributed by atoms with E-state index in [0.717, 1.165) is 36.1 Å². The highest BCUT2D eigenvalue weighted by atomic mass is 16.4. The fraction of sp³-hybridized carbons (Fsp3) is 0.500. The van der Waals surface area contributed by atoms with Gasteiger partial charge in [-0.15, -0.1) is 0 Å². The molecule has 1 saturated carbocycles. The SMILES string of the molecule is Cc1cccc(C)c1NC(=O)NCC1(CC(=O)O)CCC1. The Morgan fingerprint density at radius 1 is 1.24 bits per heavy atom. The van der Waals surface area contributed by atoms with Crippen LogP contribution in [-0.4, -0.2) is 23.7 Å². The molecule has 1 aliphatic carbocycles. The van der Waals surface area contributed by atoms with Crippen molar-refractivity contribution < 1.29 is 14.7 Å². The van der Waals surface area contributed by atoms with Crippen molar-refractivity contribution in [2.24, 2.45) is 5.41 Å². The normalized spacial score (nSPS) is 15.9. The van der Waals surface area contributed by atoms with Gasteiger partial charge in [-0.05, 0) is 43.2 Å². The van der Waals surface area contributed by atoms with Crippen LogP contribution in [0.25, 0.3) is 0 Å². The molecule has 0 bridgehead atoms. The number of hydrogen-bond donors (Lipinski definition) is 3. The van der Waals surface area contributed by atoms with E-state index in [4.69, 9.17) is 5.11 Å². The molecule has 2 amide bonds. The standard InChI is InChI=1S/C16H22N2O3/c1-11-5-3-6-12(2)14(11)18-15(21)17-10-16(7-4-8-16)9-13(19)20/h3,5-6H,4,7-10H2,1-2H3,(H,19,20)(H2,17,18,21). The molecule has 0 atom stereocenters. The van der Waals surface area contributed by atoms with Crippen molar-refractivity contribution in [3.63, 3.8) is 0 Å². The number of carboxylic acids is 1. The third-order valence-corrected chi connectivity index (χ3v) is 4.28. The van der Waals surface area contributed by atoms with Crippen molar-refractivity contribution in [3.05, 3.63) is 29.3 Å². The number of aryl methyl sites for hydroxylation is 2. The van der Waals surface area contributed by atoms with Crippen LogP contribution in [0.4, 0.5) is 10.5 Å². The lowest BCUT2D eigenvalue weighted by atomic mass is 9.66. The van der Waals surface area contributed by atoms with Crippen LogP contribution < -0.4 is 10.6 Å². The Labute approximate surface area is 124 Å². The first-order chi connectivity index (χ1) is 9.92. The molecule has 0 spiro atoms. The van der Waals surface area contributed by atoms with E-state index in [0.29, 0.717) is 6.54 Å². The minimum Gasteiger partial charge on any atom is -0.481 e. The Kier molecular flexibility index (Phi) is 4.50. The molecule has 2 rings (SSSR count). The van der Waals surface area contributed by atoms with Gasteiger partial charge in [-0.25, -0.2) is 4.79 Å². The second-order valence-electron chi connectivity index (χ2n) is 6.00. The fourth-order valence-corrected chi connectivity index (χ4v) is 2.85. The van der Waals surface area contributed by atoms with Crippen LogP contribution in [0, 0.1) is 19.3 Å². The van der Waals surface area contributed by atoms with E-state index in [1.165, 1.54) is 0 Å². The molecule has 1 aromatic rings. The Balaban J connectivity index is 1.92. The summed E-state index contributed by atoms with van der Waals surface area (Å²) in [5, 5.41) is 14.6. The van der Waals surface area contributed by atoms with Gasteiger partial charge in [-0.3, -0.25) is 4.79 Å². The molecule has 0 aromatic heterocycles. The maximum atomic E-state index is 12.0. The number of para-hydroxylation sites is 1. The molecular weight excluding hydrogens is 268 g/mol. The third kappa shape index (κ3) is 3.74. The lowest BCUT2D eigenvalue weighted by Crippen LogP contribution is -2.44. The highest BCUT2D eigenvalue weighted by molar-refractivity contribution is 5.91. The Morgan fingerprint density at radius 2 is 1.86 bits per heavy atom. The van der Waals surface area contributed by atoms with E-state index in [2.05, 4.69) is 10.6 Å². The van der Waals surface area contributed by atoms with Crippen molar-refractivity contribution in [3.8, 4) is 0 Å². The molecule has 0 unspecified atom stereocenters. The maximum Gasteiger partial charge on any atom is 0.319 e. The molecule has 0 heterocycles. The highest BCUT2D eigenvalue weighted by Crippen LogP contribution is 2.43. The van der Waals surface area contributed by atoms with E-state index in [1.807, 2.05) is 32.0 Å². The van der Waals surface area contributed by atoms with Gasteiger partial charge in [0.25, 0.3) is 0 Å². The first kappa shape index (κ1) is 15.4. The van der Waals surface area contributed by atoms with Crippen LogP contribution in [-0.2, 0) is 4.79 Å². The van der Waals surface area contributed by atoms with Gasteiger partial charge < -0.3 is 15.7 Å². The van der Waals surface area contributed by atoms with Crippen LogP contribution >= 0.6 is 0 Å². The first-order valence-electron chi connectivity index (χ1n) is 7.25. The van der Waals surface area contributed by atoms with Gasteiger partial charge in [0.1, 0.15) is 0 Å². The smallest absolute Gasteiger partial charge is 0.319 e. The number of benzene rings is 1. The summed E-state index contributed by atoms with van der Waals surface area (Å²) >= 11 is 0. The second kappa shape index (κ2) is 6.16. The van der Waals surface area contributed by atoms with Gasteiger partial charge in [0.15, 0.2) is 0 Å². The van der Waals surface area contributed by atoms with E-state index >= 15 is 0 Å². The predicted octanol–water partition coefficient (Wildman–Crippen LogP) is 3.07. The summed E-state index contributed by atoms with van der Waals surface area (Å²) in [6.45, 7) is 4.30. The number of nitrogens with one attached hydrogen (secondary N) is 2. The number of hydrogen-bond acceptors (Lipinski definition) is 2. The Bertz CT molecular complexity index is 530. The summed E-state index contributed by atoms with van der Waals surface area (Å²) < 4.78 is 0. The molecule has 0 saturated heterocycles. The van der Waals surface area contributed by atoms with E-state index in [-0.39, 0.29) is 17.9 Å². The maximum absolute atomic E-state index is 12.0. The van der Waals surface area contributed by atoms with E-state index in [9.17, 15) is 9.59 Å². The monoisotopic (exact) mass is 290 g/mol. The molecule has 3 N–H and O–H groups in total. The van der Waals surface area contributed by atoms with Crippen LogP contribution in [0.15, 0.2) is 18.2 Å². The zero-order valence-electron chi connectivity index (χ0n) is 12.5. The number of aliphatic carboxylic acids is 1. The van der Waals surface area contributed by atoms with Crippen molar-refractivity contribution >= 4 is 17.7 Å². The fourth-order valence-electron chi connectivity index (χ4n) is 2.85. The molecule has 1 fully saturated rings. The van der Waals surface area contributed by atoms with Gasteiger partial charge in [0.2, 0.25) is 0 Å². The summed E-state index contributed by atoms with van der Waals surface area (Å²) in [5.41, 5.74) is 2.57. The minimum absolute atomic E-state index is 0.122. The average molecular weight is 290 g/mol. The Morgan fingerprint density at radius 3 is 2.33 bits per heavy atom. The van der Waals surface area contributed by atoms with Crippen LogP contribution in [0.3, 0.4) is 0 Å². The molecule has 114 valence electrons. The molecule has 0 radical (unpaired) electrons. The van der Waals surface area contributed by atoms with Crippen molar-refractivity contribution in [2.75, 3.05) is 11.9 Å². The number of amides is 2. The number of carbonyl (C=O) groups excluding carboxylic acids is 1. The zero-order chi connectivity index (χ0) is 15.5. The second-order valence-corrected chi connectivity index (χ2v) is 6.00. The zero-order valence-corrected chi connectivity index (χ0v) is 12.5. The quantitative estimate of drug-likeness (QED) is 0.779. The first-order valence-corrected chi connectivity index (χ1v) is 7.25. The summed E-state index contributed by atoms with van der Waals surface area (Å²) in [5.74, 6) is -0.799. The topological polar surface area (TPSA) is 78.4 Å². The Hall–Kier alpha value is -2.04. The number of carboxylic acid groups (broad SMARTS) is 1. The highest BCUT2D eigenvalue weighted by Gasteiger charge is 2.39. The number of carbonyl (C=O) groups is 2. The van der Waals surface area contributed by atoms with Crippen molar-refractivity contribution in [1.82, 2.24) is 5.32 Å². The molecule has 1 aliphatic rings. The van der Waals surface area contributed by atoms with E-state index in [1.54, 1.807) is 0 Å². The van der Waals surface area contributed by atoms with Crippen molar-refractivity contribution in [2.45, 2.75) is 39.5 Å². The molecule has 0 aliphatic heterocycles. The van der Waals surface area contributed by atoms with Gasteiger partial charge >= 0.3 is 12.0 Å². The van der Waals surface area contributed by atoms with Crippen LogP contribution in [0.5, 0.6) is 0 Å². The van der Waals surface area contributed by atoms with Crippen molar-refractivity contribution in [1.29, 1.82) is 0 Å². The minimum atomic E-state index is -0.799. The predicted molar refractivity (Wildman–Crippen MR) is 81.5 cm³/mol. The molecule has 5 nitrogen and oxygen atoms in total. The summed E-state index contributed by atoms with van der Waals surface area (Å²) in [4.78, 5) is 22.9. The number of anilines is 1. The van der Waals surface area contributed by atoms with Gasteiger partial charge in [-0.1, -0.05) is 24.6 Å². The molecule has 5 heteroatoms.